The molecule has 0 aliphatic rings. The van der Waals surface area contributed by atoms with Gasteiger partial charge in [-0.1, -0.05) is 50.9 Å². The number of halogens is 2. The average molecular weight is 363 g/mol. The Morgan fingerprint density at radius 2 is 2.00 bits per heavy atom. The molecule has 1 amide bonds. The van der Waals surface area contributed by atoms with Crippen LogP contribution in [0.5, 0.6) is 0 Å². The predicted molar refractivity (Wildman–Crippen MR) is 78.4 cm³/mol. The molecule has 0 fully saturated rings. The van der Waals surface area contributed by atoms with Crippen LogP contribution in [0.25, 0.3) is 0 Å². The number of carbonyl (C=O) groups is 1. The number of carbonyl (C=O) groups excluding carboxylic acids is 1. The lowest BCUT2D eigenvalue weighted by Crippen LogP contribution is -2.29. The zero-order valence-corrected chi connectivity index (χ0v) is 13.1. The molecular formula is C13H17Br2NO. The van der Waals surface area contributed by atoms with E-state index in [2.05, 4.69) is 44.1 Å². The van der Waals surface area contributed by atoms with Gasteiger partial charge in [-0.05, 0) is 30.0 Å². The molecule has 0 bridgehead atoms. The number of benzene rings is 1. The maximum Gasteiger partial charge on any atom is 0.224 e. The maximum absolute atomic E-state index is 11.7. The fraction of sp³-hybridized carbons (Fsp3) is 0.462. The molecule has 0 aromatic heterocycles. The molecule has 0 heterocycles. The third-order valence-corrected chi connectivity index (χ3v) is 3.51. The van der Waals surface area contributed by atoms with Crippen molar-refractivity contribution in [2.75, 3.05) is 11.9 Å². The highest BCUT2D eigenvalue weighted by Crippen LogP contribution is 2.11. The molecule has 1 aromatic rings. The fourth-order valence-electron chi connectivity index (χ4n) is 1.43. The van der Waals surface area contributed by atoms with E-state index in [9.17, 15) is 4.79 Å². The Morgan fingerprint density at radius 3 is 2.59 bits per heavy atom. The predicted octanol–water partition coefficient (Wildman–Crippen LogP) is 3.53. The molecule has 2 nitrogen and oxygen atoms in total. The van der Waals surface area contributed by atoms with Gasteiger partial charge in [-0.3, -0.25) is 4.79 Å². The van der Waals surface area contributed by atoms with Gasteiger partial charge in [0.25, 0.3) is 0 Å². The Balaban J connectivity index is 2.32. The smallest absolute Gasteiger partial charge is 0.224 e. The van der Waals surface area contributed by atoms with Gasteiger partial charge in [-0.2, -0.15) is 0 Å². The molecule has 4 heteroatoms. The molecule has 0 spiro atoms. The molecular weight excluding hydrogens is 346 g/mol. The lowest BCUT2D eigenvalue weighted by atomic mass is 10.1. The monoisotopic (exact) mass is 361 g/mol. The van der Waals surface area contributed by atoms with Crippen molar-refractivity contribution >= 4 is 37.8 Å². The van der Waals surface area contributed by atoms with Crippen molar-refractivity contribution in [1.82, 2.24) is 5.32 Å². The fourth-order valence-corrected chi connectivity index (χ4v) is 2.47. The van der Waals surface area contributed by atoms with Gasteiger partial charge in [-0.15, -0.1) is 0 Å². The Labute approximate surface area is 119 Å². The van der Waals surface area contributed by atoms with Gasteiger partial charge < -0.3 is 5.32 Å². The molecule has 1 N–H and O–H groups in total. The summed E-state index contributed by atoms with van der Waals surface area (Å²) >= 11 is 6.77. The van der Waals surface area contributed by atoms with Crippen molar-refractivity contribution < 1.29 is 4.79 Å². The molecule has 1 aromatic carbocycles. The number of alkyl halides is 1. The first kappa shape index (κ1) is 14.7. The van der Waals surface area contributed by atoms with Crippen molar-refractivity contribution in [3.05, 3.63) is 34.3 Å². The SMILES string of the molecule is CC(CCBr)CNC(=O)Cc1ccc(Br)cc1. The van der Waals surface area contributed by atoms with E-state index in [0.29, 0.717) is 12.3 Å². The van der Waals surface area contributed by atoms with Crippen LogP contribution < -0.4 is 5.32 Å². The van der Waals surface area contributed by atoms with Gasteiger partial charge in [0.05, 0.1) is 6.42 Å². The highest BCUT2D eigenvalue weighted by molar-refractivity contribution is 9.10. The third-order valence-electron chi connectivity index (χ3n) is 2.53. The van der Waals surface area contributed by atoms with Crippen LogP contribution >= 0.6 is 31.9 Å². The van der Waals surface area contributed by atoms with Crippen molar-refractivity contribution in [2.45, 2.75) is 19.8 Å². The highest BCUT2D eigenvalue weighted by atomic mass is 79.9. The van der Waals surface area contributed by atoms with Crippen LogP contribution in [0.1, 0.15) is 18.9 Å². The summed E-state index contributed by atoms with van der Waals surface area (Å²) in [7, 11) is 0. The van der Waals surface area contributed by atoms with Crippen molar-refractivity contribution in [3.8, 4) is 0 Å². The zero-order chi connectivity index (χ0) is 12.7. The lowest BCUT2D eigenvalue weighted by Gasteiger charge is -2.11. The molecule has 0 aliphatic heterocycles. The first-order chi connectivity index (χ1) is 8.11. The molecule has 1 unspecified atom stereocenters. The van der Waals surface area contributed by atoms with E-state index in [1.165, 1.54) is 0 Å². The van der Waals surface area contributed by atoms with Crippen LogP contribution in [0.4, 0.5) is 0 Å². The first-order valence-corrected chi connectivity index (χ1v) is 7.60. The van der Waals surface area contributed by atoms with Gasteiger partial charge in [0, 0.05) is 16.3 Å². The number of nitrogens with one attached hydrogen (secondary N) is 1. The van der Waals surface area contributed by atoms with Gasteiger partial charge >= 0.3 is 0 Å². The summed E-state index contributed by atoms with van der Waals surface area (Å²) in [6.45, 7) is 2.89. The van der Waals surface area contributed by atoms with E-state index < -0.39 is 0 Å². The molecule has 0 saturated heterocycles. The van der Waals surface area contributed by atoms with E-state index in [1.54, 1.807) is 0 Å². The largest absolute Gasteiger partial charge is 0.356 e. The Kier molecular flexibility index (Phi) is 6.82. The van der Waals surface area contributed by atoms with Crippen molar-refractivity contribution in [2.24, 2.45) is 5.92 Å². The maximum atomic E-state index is 11.7. The van der Waals surface area contributed by atoms with Gasteiger partial charge in [0.1, 0.15) is 0 Å². The Bertz CT molecular complexity index is 351. The molecule has 1 rings (SSSR count). The minimum atomic E-state index is 0.0914. The van der Waals surface area contributed by atoms with Crippen molar-refractivity contribution in [3.63, 3.8) is 0 Å². The van der Waals surface area contributed by atoms with E-state index in [1.807, 2.05) is 24.3 Å². The summed E-state index contributed by atoms with van der Waals surface area (Å²) in [6.07, 6.45) is 1.53. The lowest BCUT2D eigenvalue weighted by molar-refractivity contribution is -0.120. The number of amides is 1. The summed E-state index contributed by atoms with van der Waals surface area (Å²) in [6, 6.07) is 7.84. The van der Waals surface area contributed by atoms with Crippen LogP contribution in [0, 0.1) is 5.92 Å². The topological polar surface area (TPSA) is 29.1 Å². The molecule has 17 heavy (non-hydrogen) atoms. The van der Waals surface area contributed by atoms with Crippen LogP contribution in [0.15, 0.2) is 28.7 Å². The summed E-state index contributed by atoms with van der Waals surface area (Å²) in [5.41, 5.74) is 1.04. The second kappa shape index (κ2) is 7.88. The van der Waals surface area contributed by atoms with Gasteiger partial charge in [0.15, 0.2) is 0 Å². The van der Waals surface area contributed by atoms with Gasteiger partial charge in [0.2, 0.25) is 5.91 Å². The third kappa shape index (κ3) is 6.22. The van der Waals surface area contributed by atoms with E-state index in [-0.39, 0.29) is 5.91 Å². The quantitative estimate of drug-likeness (QED) is 0.770. The van der Waals surface area contributed by atoms with Gasteiger partial charge in [-0.25, -0.2) is 0 Å². The number of rotatable bonds is 6. The zero-order valence-electron chi connectivity index (χ0n) is 9.88. The number of hydrogen-bond acceptors (Lipinski definition) is 1. The van der Waals surface area contributed by atoms with Crippen LogP contribution in [0.3, 0.4) is 0 Å². The molecule has 0 aliphatic carbocycles. The summed E-state index contributed by atoms with van der Waals surface area (Å²) in [4.78, 5) is 11.7. The summed E-state index contributed by atoms with van der Waals surface area (Å²) < 4.78 is 1.03. The molecule has 0 saturated carbocycles. The summed E-state index contributed by atoms with van der Waals surface area (Å²) in [5.74, 6) is 0.608. The Morgan fingerprint density at radius 1 is 1.35 bits per heavy atom. The van der Waals surface area contributed by atoms with Crippen LogP contribution in [0.2, 0.25) is 0 Å². The molecule has 1 atom stereocenters. The first-order valence-electron chi connectivity index (χ1n) is 5.69. The summed E-state index contributed by atoms with van der Waals surface area (Å²) in [5, 5.41) is 3.94. The molecule has 0 radical (unpaired) electrons. The second-order valence-electron chi connectivity index (χ2n) is 4.19. The van der Waals surface area contributed by atoms with E-state index in [4.69, 9.17) is 0 Å². The molecule has 94 valence electrons. The highest BCUT2D eigenvalue weighted by Gasteiger charge is 2.06. The van der Waals surface area contributed by atoms with Crippen LogP contribution in [-0.4, -0.2) is 17.8 Å². The van der Waals surface area contributed by atoms with Crippen LogP contribution in [-0.2, 0) is 11.2 Å². The minimum absolute atomic E-state index is 0.0914. The normalized spacial score (nSPS) is 12.2. The minimum Gasteiger partial charge on any atom is -0.356 e. The Hall–Kier alpha value is -0.350. The number of hydrogen-bond donors (Lipinski definition) is 1. The van der Waals surface area contributed by atoms with E-state index in [0.717, 1.165) is 28.3 Å². The standard InChI is InChI=1S/C13H17Br2NO/c1-10(6-7-14)9-16-13(17)8-11-2-4-12(15)5-3-11/h2-5,10H,6-9H2,1H3,(H,16,17). The van der Waals surface area contributed by atoms with E-state index >= 15 is 0 Å². The second-order valence-corrected chi connectivity index (χ2v) is 5.90. The van der Waals surface area contributed by atoms with Crippen molar-refractivity contribution in [1.29, 1.82) is 0 Å². The average Bonchev–Trinajstić information content (AvgIpc) is 2.30.